The van der Waals surface area contributed by atoms with Gasteiger partial charge in [0, 0.05) is 29.6 Å². The molecule has 0 saturated carbocycles. The smallest absolute Gasteiger partial charge is 0.323 e. The Hall–Kier alpha value is -3.52. The minimum atomic E-state index is -1.32. The highest BCUT2D eigenvalue weighted by Crippen LogP contribution is 2.54. The molecule has 3 aromatic rings. The van der Waals surface area contributed by atoms with E-state index in [-0.39, 0.29) is 5.91 Å². The molecule has 1 fully saturated rings. The van der Waals surface area contributed by atoms with Crippen LogP contribution in [0.3, 0.4) is 0 Å². The van der Waals surface area contributed by atoms with Gasteiger partial charge < -0.3 is 15.0 Å². The number of ether oxygens (including phenoxy) is 1. The Kier molecular flexibility index (Phi) is 5.69. The third kappa shape index (κ3) is 3.68. The summed E-state index contributed by atoms with van der Waals surface area (Å²) in [5.74, 6) is 0.491. The van der Waals surface area contributed by atoms with Crippen molar-refractivity contribution in [2.45, 2.75) is 18.3 Å². The van der Waals surface area contributed by atoms with Crippen molar-refractivity contribution in [1.82, 2.24) is 4.90 Å². The van der Waals surface area contributed by atoms with Crippen molar-refractivity contribution in [1.29, 1.82) is 0 Å². The average Bonchev–Trinajstić information content (AvgIpc) is 3.36. The first-order chi connectivity index (χ1) is 16.4. The normalized spacial score (nSPS) is 19.0. The maximum absolute atomic E-state index is 14.4. The third-order valence-electron chi connectivity index (χ3n) is 6.14. The summed E-state index contributed by atoms with van der Waals surface area (Å²) in [6.07, 6.45) is 0. The lowest BCUT2D eigenvalue weighted by molar-refractivity contribution is -0.123. The number of urea groups is 1. The number of thioether (sulfide) groups is 1. The Labute approximate surface area is 201 Å². The zero-order chi connectivity index (χ0) is 23.9. The van der Waals surface area contributed by atoms with Crippen LogP contribution in [0, 0.1) is 12.7 Å². The number of halogens is 1. The summed E-state index contributed by atoms with van der Waals surface area (Å²) in [5.41, 5.74) is 3.75. The van der Waals surface area contributed by atoms with Gasteiger partial charge in [0.25, 0.3) is 5.91 Å². The molecule has 0 unspecified atom stereocenters. The highest BCUT2D eigenvalue weighted by molar-refractivity contribution is 8.01. The van der Waals surface area contributed by atoms with Crippen molar-refractivity contribution in [3.05, 3.63) is 89.2 Å². The second-order valence-corrected chi connectivity index (χ2v) is 9.64. The van der Waals surface area contributed by atoms with E-state index in [1.165, 1.54) is 28.8 Å². The summed E-state index contributed by atoms with van der Waals surface area (Å²) in [5, 5.41) is 2.88. The largest absolute Gasteiger partial charge is 0.497 e. The number of nitrogens with one attached hydrogen (secondary N) is 1. The van der Waals surface area contributed by atoms with Crippen LogP contribution in [0.25, 0.3) is 0 Å². The zero-order valence-corrected chi connectivity index (χ0v) is 19.7. The number of benzene rings is 3. The zero-order valence-electron chi connectivity index (χ0n) is 18.9. The van der Waals surface area contributed by atoms with Gasteiger partial charge in [-0.15, -0.1) is 11.8 Å². The van der Waals surface area contributed by atoms with Crippen LogP contribution in [-0.4, -0.2) is 36.2 Å². The first-order valence-electron chi connectivity index (χ1n) is 11.0. The van der Waals surface area contributed by atoms with Gasteiger partial charge in [-0.2, -0.15) is 0 Å². The Morgan fingerprint density at radius 3 is 2.76 bits per heavy atom. The van der Waals surface area contributed by atoms with Gasteiger partial charge in [0.05, 0.1) is 19.3 Å². The Bertz CT molecular complexity index is 1280. The van der Waals surface area contributed by atoms with Crippen molar-refractivity contribution in [2.24, 2.45) is 0 Å². The van der Waals surface area contributed by atoms with E-state index >= 15 is 0 Å². The number of anilines is 2. The highest BCUT2D eigenvalue weighted by Gasteiger charge is 2.59. The van der Waals surface area contributed by atoms with Crippen molar-refractivity contribution in [3.63, 3.8) is 0 Å². The van der Waals surface area contributed by atoms with E-state index in [0.29, 0.717) is 41.5 Å². The molecule has 3 aromatic carbocycles. The summed E-state index contributed by atoms with van der Waals surface area (Å²) in [6, 6.07) is 18.9. The molecule has 8 heteroatoms. The predicted octanol–water partition coefficient (Wildman–Crippen LogP) is 5.12. The molecule has 6 nitrogen and oxygen atoms in total. The number of nitrogens with zero attached hydrogens (tertiary/aromatic N) is 2. The van der Waals surface area contributed by atoms with Crippen LogP contribution >= 0.6 is 11.8 Å². The van der Waals surface area contributed by atoms with Gasteiger partial charge in [0.1, 0.15) is 11.6 Å². The number of amides is 3. The van der Waals surface area contributed by atoms with Gasteiger partial charge in [0.2, 0.25) is 0 Å². The number of hydrogen-bond acceptors (Lipinski definition) is 4. The maximum atomic E-state index is 14.4. The van der Waals surface area contributed by atoms with Crippen LogP contribution < -0.4 is 15.0 Å². The van der Waals surface area contributed by atoms with Crippen molar-refractivity contribution in [2.75, 3.05) is 29.6 Å². The van der Waals surface area contributed by atoms with Gasteiger partial charge >= 0.3 is 6.03 Å². The topological polar surface area (TPSA) is 61.9 Å². The quantitative estimate of drug-likeness (QED) is 0.566. The molecule has 0 bridgehead atoms. The number of hydrogen-bond donors (Lipinski definition) is 1. The molecule has 34 heavy (non-hydrogen) atoms. The molecular formula is C26H24FN3O3S. The van der Waals surface area contributed by atoms with Gasteiger partial charge in [-0.3, -0.25) is 9.69 Å². The summed E-state index contributed by atoms with van der Waals surface area (Å²) < 4.78 is 19.7. The molecule has 1 saturated heterocycles. The second kappa shape index (κ2) is 8.68. The molecule has 3 amide bonds. The van der Waals surface area contributed by atoms with E-state index in [4.69, 9.17) is 4.74 Å². The lowest BCUT2D eigenvalue weighted by Gasteiger charge is -2.33. The molecular weight excluding hydrogens is 453 g/mol. The van der Waals surface area contributed by atoms with Crippen molar-refractivity contribution < 1.29 is 18.7 Å². The maximum Gasteiger partial charge on any atom is 0.323 e. The standard InChI is InChI=1S/C26H24FN3O3S/c1-17-5-3-6-18(13-17)16-29-23-10-9-19(27)14-22(23)26(24(29)31)30(11-12-34-26)25(32)28-20-7-4-8-21(15-20)33-2/h3-10,13-15H,11-12,16H2,1-2H3,(H,28,32)/t26-/m0/s1. The number of fused-ring (bicyclic) bond motifs is 2. The summed E-state index contributed by atoms with van der Waals surface area (Å²) in [4.78, 5) is 29.3. The van der Waals surface area contributed by atoms with Gasteiger partial charge in [-0.05, 0) is 42.8 Å². The van der Waals surface area contributed by atoms with Crippen LogP contribution in [0.4, 0.5) is 20.6 Å². The molecule has 2 heterocycles. The molecule has 174 valence electrons. The van der Waals surface area contributed by atoms with Crippen LogP contribution in [0.2, 0.25) is 0 Å². The monoisotopic (exact) mass is 477 g/mol. The summed E-state index contributed by atoms with van der Waals surface area (Å²) in [7, 11) is 1.55. The first-order valence-corrected chi connectivity index (χ1v) is 11.9. The van der Waals surface area contributed by atoms with Gasteiger partial charge in [0.15, 0.2) is 4.87 Å². The number of methoxy groups -OCH3 is 1. The van der Waals surface area contributed by atoms with E-state index in [0.717, 1.165) is 11.1 Å². The first kappa shape index (κ1) is 22.3. The number of rotatable bonds is 4. The molecule has 1 N–H and O–H groups in total. The minimum absolute atomic E-state index is 0.238. The van der Waals surface area contributed by atoms with Crippen LogP contribution in [-0.2, 0) is 16.2 Å². The van der Waals surface area contributed by atoms with Crippen LogP contribution in [0.15, 0.2) is 66.7 Å². The van der Waals surface area contributed by atoms with Crippen LogP contribution in [0.5, 0.6) is 5.75 Å². The molecule has 0 aromatic heterocycles. The summed E-state index contributed by atoms with van der Waals surface area (Å²) >= 11 is 1.37. The fourth-order valence-electron chi connectivity index (χ4n) is 4.63. The van der Waals surface area contributed by atoms with Crippen molar-refractivity contribution in [3.8, 4) is 5.75 Å². The van der Waals surface area contributed by atoms with E-state index < -0.39 is 16.7 Å². The number of aryl methyl sites for hydroxylation is 1. The average molecular weight is 478 g/mol. The molecule has 2 aliphatic heterocycles. The van der Waals surface area contributed by atoms with Gasteiger partial charge in [-0.1, -0.05) is 35.9 Å². The lowest BCUT2D eigenvalue weighted by Crippen LogP contribution is -2.51. The fourth-order valence-corrected chi connectivity index (χ4v) is 6.08. The number of carbonyl (C=O) groups excluding carboxylic acids is 2. The predicted molar refractivity (Wildman–Crippen MR) is 132 cm³/mol. The Morgan fingerprint density at radius 1 is 1.15 bits per heavy atom. The van der Waals surface area contributed by atoms with Crippen molar-refractivity contribution >= 4 is 35.1 Å². The lowest BCUT2D eigenvalue weighted by atomic mass is 10.1. The third-order valence-corrected chi connectivity index (χ3v) is 7.56. The fraction of sp³-hybridized carbons (Fsp3) is 0.231. The molecule has 0 radical (unpaired) electrons. The SMILES string of the molecule is COc1cccc(NC(=O)N2CCS[C@@]23C(=O)N(Cc2cccc(C)c2)c2ccc(F)cc23)c1. The van der Waals surface area contributed by atoms with E-state index in [1.807, 2.05) is 31.2 Å². The molecule has 2 aliphatic rings. The summed E-state index contributed by atoms with van der Waals surface area (Å²) in [6.45, 7) is 2.70. The molecule has 5 rings (SSSR count). The second-order valence-electron chi connectivity index (χ2n) is 8.35. The Balaban J connectivity index is 1.52. The molecule has 1 atom stereocenters. The Morgan fingerprint density at radius 2 is 1.97 bits per heavy atom. The van der Waals surface area contributed by atoms with E-state index in [2.05, 4.69) is 5.32 Å². The van der Waals surface area contributed by atoms with Gasteiger partial charge in [-0.25, -0.2) is 9.18 Å². The van der Waals surface area contributed by atoms with E-state index in [1.54, 1.807) is 42.3 Å². The van der Waals surface area contributed by atoms with Crippen LogP contribution in [0.1, 0.15) is 16.7 Å². The highest BCUT2D eigenvalue weighted by atomic mass is 32.2. The molecule has 0 aliphatic carbocycles. The van der Waals surface area contributed by atoms with E-state index in [9.17, 15) is 14.0 Å². The molecule has 1 spiro atoms. The number of carbonyl (C=O) groups is 2. The minimum Gasteiger partial charge on any atom is -0.497 e.